The largest absolute Gasteiger partial charge is 0.373 e. The van der Waals surface area contributed by atoms with E-state index in [1.165, 1.54) is 44.5 Å². The van der Waals surface area contributed by atoms with E-state index in [0.717, 1.165) is 25.6 Å². The van der Waals surface area contributed by atoms with Gasteiger partial charge in [0.15, 0.2) is 0 Å². The molecule has 0 aliphatic carbocycles. The molecule has 0 amide bonds. The highest BCUT2D eigenvalue weighted by molar-refractivity contribution is 5.09. The van der Waals surface area contributed by atoms with Gasteiger partial charge in [-0.2, -0.15) is 0 Å². The van der Waals surface area contributed by atoms with Crippen LogP contribution in [-0.4, -0.2) is 59.7 Å². The van der Waals surface area contributed by atoms with Crippen LogP contribution in [0.1, 0.15) is 38.7 Å². The zero-order chi connectivity index (χ0) is 16.1. The number of rotatable bonds is 5. The van der Waals surface area contributed by atoms with Gasteiger partial charge in [0, 0.05) is 32.0 Å². The van der Waals surface area contributed by atoms with E-state index in [2.05, 4.69) is 40.8 Å². The lowest BCUT2D eigenvalue weighted by Crippen LogP contribution is -2.46. The molecule has 128 valence electrons. The second-order valence-corrected chi connectivity index (χ2v) is 7.38. The Kier molecular flexibility index (Phi) is 6.03. The van der Waals surface area contributed by atoms with Crippen molar-refractivity contribution in [3.63, 3.8) is 0 Å². The number of nitrogens with zero attached hydrogens (tertiary/aromatic N) is 3. The quantitative estimate of drug-likeness (QED) is 0.835. The smallest absolute Gasteiger partial charge is 0.0678 e. The van der Waals surface area contributed by atoms with Crippen molar-refractivity contribution in [3.05, 3.63) is 30.1 Å². The fraction of sp³-hybridized carbons (Fsp3) is 0.737. The van der Waals surface area contributed by atoms with Crippen LogP contribution in [0.4, 0.5) is 0 Å². The minimum Gasteiger partial charge on any atom is -0.373 e. The minimum atomic E-state index is 0.390. The van der Waals surface area contributed by atoms with Gasteiger partial charge in [0.05, 0.1) is 12.2 Å². The second kappa shape index (κ2) is 8.22. The topological polar surface area (TPSA) is 28.6 Å². The Balaban J connectivity index is 1.36. The van der Waals surface area contributed by atoms with Crippen LogP contribution in [0.5, 0.6) is 0 Å². The fourth-order valence-electron chi connectivity index (χ4n) is 4.01. The molecule has 2 aliphatic rings. The van der Waals surface area contributed by atoms with E-state index in [-0.39, 0.29) is 0 Å². The molecule has 2 fully saturated rings. The molecule has 4 nitrogen and oxygen atoms in total. The maximum atomic E-state index is 5.83. The van der Waals surface area contributed by atoms with Gasteiger partial charge in [0.2, 0.25) is 0 Å². The average molecular weight is 317 g/mol. The molecule has 0 saturated carbocycles. The van der Waals surface area contributed by atoms with Gasteiger partial charge < -0.3 is 4.74 Å². The third-order valence-electron chi connectivity index (χ3n) is 5.21. The Bertz CT molecular complexity index is 449. The molecule has 0 radical (unpaired) electrons. The van der Waals surface area contributed by atoms with Gasteiger partial charge in [-0.05, 0) is 76.4 Å². The number of hydrogen-bond donors (Lipinski definition) is 0. The molecule has 0 unspecified atom stereocenters. The molecule has 1 aromatic heterocycles. The summed E-state index contributed by atoms with van der Waals surface area (Å²) < 4.78 is 5.83. The van der Waals surface area contributed by atoms with E-state index in [1.54, 1.807) is 0 Å². The number of piperidine rings is 1. The predicted molar refractivity (Wildman–Crippen MR) is 93.3 cm³/mol. The third kappa shape index (κ3) is 5.27. The van der Waals surface area contributed by atoms with Crippen molar-refractivity contribution in [3.8, 4) is 0 Å². The first-order valence-electron chi connectivity index (χ1n) is 9.18. The summed E-state index contributed by atoms with van der Waals surface area (Å²) in [6.07, 6.45) is 8.62. The number of likely N-dealkylation sites (tertiary alicyclic amines) is 1. The Hall–Kier alpha value is -0.970. The van der Waals surface area contributed by atoms with Crippen molar-refractivity contribution in [2.45, 2.75) is 51.9 Å². The zero-order valence-corrected chi connectivity index (χ0v) is 14.7. The second-order valence-electron chi connectivity index (χ2n) is 7.38. The highest BCUT2D eigenvalue weighted by atomic mass is 16.5. The molecule has 2 saturated heterocycles. The number of pyridine rings is 1. The lowest BCUT2D eigenvalue weighted by atomic mass is 9.93. The summed E-state index contributed by atoms with van der Waals surface area (Å²) in [5.41, 5.74) is 1.38. The van der Waals surface area contributed by atoms with Gasteiger partial charge in [-0.25, -0.2) is 0 Å². The van der Waals surface area contributed by atoms with Gasteiger partial charge in [-0.3, -0.25) is 14.8 Å². The number of aromatic nitrogens is 1. The molecule has 0 aromatic carbocycles. The van der Waals surface area contributed by atoms with E-state index in [1.807, 2.05) is 12.4 Å². The summed E-state index contributed by atoms with van der Waals surface area (Å²) in [5.74, 6) is 0.900. The van der Waals surface area contributed by atoms with Crippen LogP contribution in [0.15, 0.2) is 24.5 Å². The van der Waals surface area contributed by atoms with Crippen molar-refractivity contribution < 1.29 is 4.74 Å². The van der Waals surface area contributed by atoms with Gasteiger partial charge >= 0.3 is 0 Å². The van der Waals surface area contributed by atoms with Crippen LogP contribution >= 0.6 is 0 Å². The molecular formula is C19H31N3O. The van der Waals surface area contributed by atoms with Gasteiger partial charge in [-0.15, -0.1) is 0 Å². The lowest BCUT2D eigenvalue weighted by Gasteiger charge is -2.37. The molecule has 3 heterocycles. The van der Waals surface area contributed by atoms with E-state index in [4.69, 9.17) is 4.74 Å². The van der Waals surface area contributed by atoms with Crippen LogP contribution in [0.25, 0.3) is 0 Å². The molecule has 4 heteroatoms. The molecule has 1 aromatic rings. The van der Waals surface area contributed by atoms with Crippen molar-refractivity contribution in [2.24, 2.45) is 5.92 Å². The Labute approximate surface area is 140 Å². The van der Waals surface area contributed by atoms with Crippen LogP contribution in [0.2, 0.25) is 0 Å². The first kappa shape index (κ1) is 16.9. The molecule has 2 atom stereocenters. The summed E-state index contributed by atoms with van der Waals surface area (Å²) in [4.78, 5) is 9.29. The van der Waals surface area contributed by atoms with E-state index >= 15 is 0 Å². The van der Waals surface area contributed by atoms with E-state index in [9.17, 15) is 0 Å². The predicted octanol–water partition coefficient (Wildman–Crippen LogP) is 2.79. The van der Waals surface area contributed by atoms with Crippen LogP contribution in [0.3, 0.4) is 0 Å². The Morgan fingerprint density at radius 2 is 1.70 bits per heavy atom. The molecule has 2 aliphatic heterocycles. The maximum absolute atomic E-state index is 5.83. The minimum absolute atomic E-state index is 0.390. The lowest BCUT2D eigenvalue weighted by molar-refractivity contribution is -0.0693. The molecule has 3 rings (SSSR count). The van der Waals surface area contributed by atoms with E-state index in [0.29, 0.717) is 12.2 Å². The van der Waals surface area contributed by atoms with E-state index < -0.39 is 0 Å². The van der Waals surface area contributed by atoms with Crippen molar-refractivity contribution in [1.82, 2.24) is 14.8 Å². The van der Waals surface area contributed by atoms with Gasteiger partial charge in [-0.1, -0.05) is 0 Å². The molecule has 0 spiro atoms. The zero-order valence-electron chi connectivity index (χ0n) is 14.7. The standard InChI is InChI=1S/C19H31N3O/c1-16-13-22(14-17(2)23-16)12-7-18-5-10-21(11-6-18)15-19-3-8-20-9-4-19/h3-4,8-9,16-18H,5-7,10-15H2,1-2H3/t16-,17-/m1/s1. The molecular weight excluding hydrogens is 286 g/mol. The highest BCUT2D eigenvalue weighted by Gasteiger charge is 2.24. The SMILES string of the molecule is C[C@@H]1CN(CCC2CCN(Cc3ccncc3)CC2)C[C@@H](C)O1. The number of ether oxygens (including phenoxy) is 1. The van der Waals surface area contributed by atoms with Crippen LogP contribution < -0.4 is 0 Å². The van der Waals surface area contributed by atoms with Gasteiger partial charge in [0.1, 0.15) is 0 Å². The van der Waals surface area contributed by atoms with Crippen LogP contribution in [0, 0.1) is 5.92 Å². The molecule has 23 heavy (non-hydrogen) atoms. The molecule has 0 N–H and O–H groups in total. The third-order valence-corrected chi connectivity index (χ3v) is 5.21. The fourth-order valence-corrected chi connectivity index (χ4v) is 4.01. The van der Waals surface area contributed by atoms with Crippen molar-refractivity contribution >= 4 is 0 Å². The van der Waals surface area contributed by atoms with Crippen molar-refractivity contribution in [1.29, 1.82) is 0 Å². The van der Waals surface area contributed by atoms with Gasteiger partial charge in [0.25, 0.3) is 0 Å². The first-order valence-corrected chi connectivity index (χ1v) is 9.18. The summed E-state index contributed by atoms with van der Waals surface area (Å²) in [6, 6.07) is 4.26. The Morgan fingerprint density at radius 3 is 2.35 bits per heavy atom. The normalized spacial score (nSPS) is 28.1. The average Bonchev–Trinajstić information content (AvgIpc) is 2.54. The van der Waals surface area contributed by atoms with Crippen LogP contribution in [-0.2, 0) is 11.3 Å². The monoisotopic (exact) mass is 317 g/mol. The number of morpholine rings is 1. The Morgan fingerprint density at radius 1 is 1.04 bits per heavy atom. The number of hydrogen-bond acceptors (Lipinski definition) is 4. The molecule has 0 bridgehead atoms. The summed E-state index contributed by atoms with van der Waals surface area (Å²) in [6.45, 7) is 11.4. The van der Waals surface area contributed by atoms with Crippen molar-refractivity contribution in [2.75, 3.05) is 32.7 Å². The summed E-state index contributed by atoms with van der Waals surface area (Å²) in [5, 5.41) is 0. The maximum Gasteiger partial charge on any atom is 0.0678 e. The highest BCUT2D eigenvalue weighted by Crippen LogP contribution is 2.23. The first-order chi connectivity index (χ1) is 11.2. The summed E-state index contributed by atoms with van der Waals surface area (Å²) in [7, 11) is 0. The summed E-state index contributed by atoms with van der Waals surface area (Å²) >= 11 is 0.